The second-order valence-corrected chi connectivity index (χ2v) is 2.86. The van der Waals surface area contributed by atoms with Crippen molar-refractivity contribution in [1.29, 1.82) is 0 Å². The number of fused-ring (bicyclic) bond motifs is 1. The van der Waals surface area contributed by atoms with E-state index in [0.29, 0.717) is 5.69 Å². The van der Waals surface area contributed by atoms with Crippen molar-refractivity contribution in [3.63, 3.8) is 0 Å². The van der Waals surface area contributed by atoms with E-state index in [1.165, 1.54) is 0 Å². The molecule has 1 aromatic heterocycles. The molecule has 0 aliphatic rings. The number of aryl methyl sites for hydroxylation is 1. The second kappa shape index (κ2) is 2.17. The molecule has 0 atom stereocenters. The van der Waals surface area contributed by atoms with Crippen LogP contribution in [0, 0.1) is 0 Å². The summed E-state index contributed by atoms with van der Waals surface area (Å²) < 4.78 is 1.89. The van der Waals surface area contributed by atoms with Crippen LogP contribution in [0.3, 0.4) is 0 Å². The highest BCUT2D eigenvalue weighted by molar-refractivity contribution is 5.94. The predicted molar refractivity (Wildman–Crippen MR) is 49.0 cm³/mol. The Morgan fingerprint density at radius 2 is 2.08 bits per heavy atom. The molecule has 1 aromatic carbocycles. The molecule has 3 heteroatoms. The van der Waals surface area contributed by atoms with E-state index < -0.39 is 0 Å². The smallest absolute Gasteiger partial charge is 0.125 e. The van der Waals surface area contributed by atoms with Crippen LogP contribution in [0.2, 0.25) is 0 Å². The van der Waals surface area contributed by atoms with Gasteiger partial charge in [-0.25, -0.2) is 0 Å². The van der Waals surface area contributed by atoms with Crippen LogP contribution in [0.4, 0.5) is 5.69 Å². The lowest BCUT2D eigenvalue weighted by Gasteiger charge is -2.01. The lowest BCUT2D eigenvalue weighted by atomic mass is 10.2. The maximum absolute atomic E-state index is 9.44. The van der Waals surface area contributed by atoms with E-state index in [1.54, 1.807) is 12.1 Å². The molecule has 0 saturated heterocycles. The van der Waals surface area contributed by atoms with E-state index in [0.717, 1.165) is 10.9 Å². The van der Waals surface area contributed by atoms with Crippen LogP contribution in [0.1, 0.15) is 0 Å². The zero-order chi connectivity index (χ0) is 8.72. The van der Waals surface area contributed by atoms with Crippen molar-refractivity contribution in [3.05, 3.63) is 24.4 Å². The molecular weight excluding hydrogens is 152 g/mol. The summed E-state index contributed by atoms with van der Waals surface area (Å²) in [7, 11) is 1.90. The summed E-state index contributed by atoms with van der Waals surface area (Å²) in [5.74, 6) is 0.278. The van der Waals surface area contributed by atoms with Crippen molar-refractivity contribution in [1.82, 2.24) is 4.57 Å². The van der Waals surface area contributed by atoms with Crippen LogP contribution >= 0.6 is 0 Å². The number of hydrogen-bond donors (Lipinski definition) is 2. The zero-order valence-corrected chi connectivity index (χ0v) is 6.78. The van der Waals surface area contributed by atoms with Gasteiger partial charge in [0, 0.05) is 18.6 Å². The topological polar surface area (TPSA) is 51.2 Å². The first kappa shape index (κ1) is 7.03. The number of hydrogen-bond acceptors (Lipinski definition) is 2. The molecule has 0 radical (unpaired) electrons. The molecule has 0 aliphatic carbocycles. The van der Waals surface area contributed by atoms with E-state index in [1.807, 2.05) is 23.9 Å². The lowest BCUT2D eigenvalue weighted by Crippen LogP contribution is -1.91. The Morgan fingerprint density at radius 1 is 1.33 bits per heavy atom. The van der Waals surface area contributed by atoms with E-state index in [4.69, 9.17) is 5.73 Å². The number of benzene rings is 1. The fourth-order valence-corrected chi connectivity index (χ4v) is 1.43. The standard InChI is InChI=1S/C9H10N2O/c1-11-5-4-6-8(12)3-2-7(10)9(6)11/h2-5,12H,10H2,1H3. The minimum Gasteiger partial charge on any atom is -0.507 e. The average molecular weight is 162 g/mol. The summed E-state index contributed by atoms with van der Waals surface area (Å²) in [6.07, 6.45) is 1.88. The molecule has 2 rings (SSSR count). The number of anilines is 1. The predicted octanol–water partition coefficient (Wildman–Crippen LogP) is 1.47. The third-order valence-electron chi connectivity index (χ3n) is 2.04. The lowest BCUT2D eigenvalue weighted by molar-refractivity contribution is 0.481. The zero-order valence-electron chi connectivity index (χ0n) is 6.78. The fourth-order valence-electron chi connectivity index (χ4n) is 1.43. The summed E-state index contributed by atoms with van der Waals surface area (Å²) in [5.41, 5.74) is 7.31. The average Bonchev–Trinajstić information content (AvgIpc) is 2.42. The Bertz CT molecular complexity index is 431. The minimum absolute atomic E-state index is 0.278. The number of aromatic hydroxyl groups is 1. The van der Waals surface area contributed by atoms with E-state index in [2.05, 4.69) is 0 Å². The molecule has 62 valence electrons. The molecule has 0 spiro atoms. The maximum atomic E-state index is 9.44. The van der Waals surface area contributed by atoms with Crippen LogP contribution in [0.25, 0.3) is 10.9 Å². The Balaban J connectivity index is 2.98. The normalized spacial score (nSPS) is 10.8. The number of nitrogens with zero attached hydrogens (tertiary/aromatic N) is 1. The van der Waals surface area contributed by atoms with Gasteiger partial charge in [0.2, 0.25) is 0 Å². The van der Waals surface area contributed by atoms with Gasteiger partial charge in [0.15, 0.2) is 0 Å². The third-order valence-corrected chi connectivity index (χ3v) is 2.04. The van der Waals surface area contributed by atoms with Crippen molar-refractivity contribution in [2.24, 2.45) is 7.05 Å². The largest absolute Gasteiger partial charge is 0.507 e. The second-order valence-electron chi connectivity index (χ2n) is 2.86. The van der Waals surface area contributed by atoms with Crippen molar-refractivity contribution in [2.45, 2.75) is 0 Å². The molecule has 0 fully saturated rings. The molecule has 0 saturated carbocycles. The van der Waals surface area contributed by atoms with Crippen LogP contribution in [-0.4, -0.2) is 9.67 Å². The SMILES string of the molecule is Cn1ccc2c(O)ccc(N)c21. The van der Waals surface area contributed by atoms with E-state index in [9.17, 15) is 5.11 Å². The van der Waals surface area contributed by atoms with Gasteiger partial charge in [0.05, 0.1) is 11.2 Å². The summed E-state index contributed by atoms with van der Waals surface area (Å²) in [6.45, 7) is 0. The molecular formula is C9H10N2O. The van der Waals surface area contributed by atoms with E-state index in [-0.39, 0.29) is 5.75 Å². The van der Waals surface area contributed by atoms with Gasteiger partial charge in [-0.3, -0.25) is 0 Å². The van der Waals surface area contributed by atoms with Crippen LogP contribution in [0.15, 0.2) is 24.4 Å². The Kier molecular flexibility index (Phi) is 1.27. The summed E-state index contributed by atoms with van der Waals surface area (Å²) in [4.78, 5) is 0. The van der Waals surface area contributed by atoms with Gasteiger partial charge in [0.25, 0.3) is 0 Å². The summed E-state index contributed by atoms with van der Waals surface area (Å²) in [6, 6.07) is 5.16. The molecule has 0 aliphatic heterocycles. The first-order chi connectivity index (χ1) is 5.70. The molecule has 0 unspecified atom stereocenters. The number of nitrogen functional groups attached to an aromatic ring is 1. The van der Waals surface area contributed by atoms with Crippen molar-refractivity contribution in [3.8, 4) is 5.75 Å². The number of phenols is 1. The highest BCUT2D eigenvalue weighted by atomic mass is 16.3. The first-order valence-electron chi connectivity index (χ1n) is 3.72. The van der Waals surface area contributed by atoms with Crippen molar-refractivity contribution in [2.75, 3.05) is 5.73 Å². The van der Waals surface area contributed by atoms with Crippen LogP contribution in [-0.2, 0) is 7.05 Å². The van der Waals surface area contributed by atoms with Gasteiger partial charge in [-0.1, -0.05) is 0 Å². The summed E-state index contributed by atoms with van der Waals surface area (Å²) >= 11 is 0. The molecule has 3 nitrogen and oxygen atoms in total. The van der Waals surface area contributed by atoms with Gasteiger partial charge in [-0.2, -0.15) is 0 Å². The van der Waals surface area contributed by atoms with Gasteiger partial charge in [-0.15, -0.1) is 0 Å². The third kappa shape index (κ3) is 0.763. The highest BCUT2D eigenvalue weighted by Crippen LogP contribution is 2.29. The molecule has 2 aromatic rings. The Labute approximate surface area is 70.0 Å². The molecule has 0 bridgehead atoms. The number of rotatable bonds is 0. The maximum Gasteiger partial charge on any atom is 0.125 e. The molecule has 1 heterocycles. The Hall–Kier alpha value is -1.64. The number of phenolic OH excluding ortho intramolecular Hbond substituents is 1. The molecule has 3 N–H and O–H groups in total. The van der Waals surface area contributed by atoms with Gasteiger partial charge in [-0.05, 0) is 18.2 Å². The first-order valence-corrected chi connectivity index (χ1v) is 3.72. The fraction of sp³-hybridized carbons (Fsp3) is 0.111. The van der Waals surface area contributed by atoms with Crippen LogP contribution < -0.4 is 5.73 Å². The molecule has 0 amide bonds. The number of nitrogens with two attached hydrogens (primary N) is 1. The van der Waals surface area contributed by atoms with E-state index >= 15 is 0 Å². The van der Waals surface area contributed by atoms with Gasteiger partial charge < -0.3 is 15.4 Å². The molecule has 12 heavy (non-hydrogen) atoms. The quantitative estimate of drug-likeness (QED) is 0.455. The number of aromatic nitrogens is 1. The summed E-state index contributed by atoms with van der Waals surface area (Å²) in [5, 5.41) is 10.2. The van der Waals surface area contributed by atoms with Crippen molar-refractivity contribution < 1.29 is 5.11 Å². The van der Waals surface area contributed by atoms with Crippen molar-refractivity contribution >= 4 is 16.6 Å². The monoisotopic (exact) mass is 162 g/mol. The van der Waals surface area contributed by atoms with Gasteiger partial charge >= 0.3 is 0 Å². The minimum atomic E-state index is 0.278. The Morgan fingerprint density at radius 3 is 2.75 bits per heavy atom. The van der Waals surface area contributed by atoms with Crippen LogP contribution in [0.5, 0.6) is 5.75 Å². The van der Waals surface area contributed by atoms with Gasteiger partial charge in [0.1, 0.15) is 5.75 Å². The highest BCUT2D eigenvalue weighted by Gasteiger charge is 2.05.